The molecule has 2 aliphatic rings. The molecular weight excluding hydrogens is 441 g/mol. The number of fused-ring (bicyclic) bond motifs is 1. The highest BCUT2D eigenvalue weighted by Crippen LogP contribution is 2.35. The highest BCUT2D eigenvalue weighted by molar-refractivity contribution is 6.04. The normalized spacial score (nSPS) is 26.5. The summed E-state index contributed by atoms with van der Waals surface area (Å²) >= 11 is 0. The zero-order chi connectivity index (χ0) is 24.6. The minimum atomic E-state index is -1.50. The molecule has 2 aromatic rings. The Morgan fingerprint density at radius 3 is 2.71 bits per heavy atom. The summed E-state index contributed by atoms with van der Waals surface area (Å²) in [4.78, 5) is 39.6. The largest absolute Gasteiger partial charge is 0.376 e. The number of likely N-dealkylation sites (tertiary alicyclic amines) is 1. The maximum atomic E-state index is 14.8. The molecule has 3 N–H and O–H groups in total. The molecule has 4 atom stereocenters. The predicted octanol–water partition coefficient (Wildman–Crippen LogP) is 1.78. The van der Waals surface area contributed by atoms with Crippen LogP contribution in [0.3, 0.4) is 0 Å². The van der Waals surface area contributed by atoms with Crippen LogP contribution >= 0.6 is 0 Å². The number of nitrogens with one attached hydrogen (secondary N) is 1. The van der Waals surface area contributed by atoms with Crippen molar-refractivity contribution in [3.8, 4) is 0 Å². The molecular formula is C24H32FN5O4. The number of carbonyl (C=O) groups is 3. The van der Waals surface area contributed by atoms with Gasteiger partial charge in [-0.05, 0) is 30.7 Å². The number of halogens is 1. The van der Waals surface area contributed by atoms with Gasteiger partial charge in [-0.15, -0.1) is 0 Å². The van der Waals surface area contributed by atoms with E-state index >= 15 is 0 Å². The van der Waals surface area contributed by atoms with Crippen LogP contribution in [-0.2, 0) is 20.9 Å². The number of benzene rings is 1. The van der Waals surface area contributed by atoms with Gasteiger partial charge in [-0.1, -0.05) is 38.5 Å². The summed E-state index contributed by atoms with van der Waals surface area (Å²) in [6, 6.07) is 5.79. The monoisotopic (exact) mass is 473 g/mol. The van der Waals surface area contributed by atoms with E-state index in [4.69, 9.17) is 10.5 Å². The second-order valence-corrected chi connectivity index (χ2v) is 10.1. The van der Waals surface area contributed by atoms with E-state index in [0.717, 1.165) is 25.7 Å². The number of para-hydroxylation sites is 1. The van der Waals surface area contributed by atoms with E-state index in [1.165, 1.54) is 16.7 Å². The van der Waals surface area contributed by atoms with Crippen LogP contribution in [0.4, 0.5) is 4.39 Å². The van der Waals surface area contributed by atoms with Gasteiger partial charge in [-0.2, -0.15) is 5.10 Å². The van der Waals surface area contributed by atoms with Crippen LogP contribution in [0.15, 0.2) is 24.3 Å². The number of primary amides is 1. The first kappa shape index (κ1) is 24.1. The Morgan fingerprint density at radius 2 is 2.03 bits per heavy atom. The lowest BCUT2D eigenvalue weighted by Gasteiger charge is -2.37. The van der Waals surface area contributed by atoms with Gasteiger partial charge in [0, 0.05) is 18.5 Å². The van der Waals surface area contributed by atoms with Crippen molar-refractivity contribution in [1.82, 2.24) is 20.0 Å². The van der Waals surface area contributed by atoms with Crippen molar-refractivity contribution in [2.24, 2.45) is 11.1 Å². The molecule has 0 radical (unpaired) electrons. The average molecular weight is 474 g/mol. The van der Waals surface area contributed by atoms with Gasteiger partial charge in [0.2, 0.25) is 11.8 Å². The van der Waals surface area contributed by atoms with Crippen LogP contribution in [0, 0.1) is 5.41 Å². The highest BCUT2D eigenvalue weighted by atomic mass is 19.1. The van der Waals surface area contributed by atoms with E-state index in [2.05, 4.69) is 24.3 Å². The molecule has 184 valence electrons. The predicted molar refractivity (Wildman–Crippen MR) is 124 cm³/mol. The van der Waals surface area contributed by atoms with Crippen molar-refractivity contribution >= 4 is 28.6 Å². The fraction of sp³-hybridized carbons (Fsp3) is 0.583. The fourth-order valence-corrected chi connectivity index (χ4v) is 5.36. The third kappa shape index (κ3) is 4.64. The number of methoxy groups -OCH3 is 1. The summed E-state index contributed by atoms with van der Waals surface area (Å²) in [5.41, 5.74) is 6.16. The van der Waals surface area contributed by atoms with E-state index in [1.54, 1.807) is 24.3 Å². The number of hydrogen-bond donors (Lipinski definition) is 2. The maximum Gasteiger partial charge on any atom is 0.269 e. The molecule has 3 amide bonds. The van der Waals surface area contributed by atoms with Gasteiger partial charge >= 0.3 is 0 Å². The van der Waals surface area contributed by atoms with Crippen molar-refractivity contribution in [3.05, 3.63) is 30.0 Å². The van der Waals surface area contributed by atoms with E-state index < -0.39 is 36.0 Å². The average Bonchev–Trinajstić information content (AvgIpc) is 3.31. The van der Waals surface area contributed by atoms with Gasteiger partial charge in [-0.25, -0.2) is 4.39 Å². The molecule has 1 unspecified atom stereocenters. The van der Waals surface area contributed by atoms with Gasteiger partial charge in [-0.3, -0.25) is 19.1 Å². The Balaban J connectivity index is 1.56. The molecule has 1 saturated heterocycles. The van der Waals surface area contributed by atoms with E-state index in [0.29, 0.717) is 10.9 Å². The summed E-state index contributed by atoms with van der Waals surface area (Å²) in [5.74, 6) is -1.61. The summed E-state index contributed by atoms with van der Waals surface area (Å²) < 4.78 is 21.5. The number of alkyl halides is 1. The molecule has 1 aliphatic carbocycles. The van der Waals surface area contributed by atoms with Crippen LogP contribution in [0.25, 0.3) is 10.9 Å². The SMILES string of the molecule is CO[C@H]1[C@@H](C(=O)NC2CCCC(C)(C)C2)N(C(=O)Cn2nc(C(N)=O)c3ccccc32)C[C@@H]1F. The lowest BCUT2D eigenvalue weighted by molar-refractivity contribution is -0.142. The molecule has 1 aromatic carbocycles. The Labute approximate surface area is 197 Å². The second-order valence-electron chi connectivity index (χ2n) is 10.1. The summed E-state index contributed by atoms with van der Waals surface area (Å²) in [5, 5.41) is 7.77. The van der Waals surface area contributed by atoms with Crippen molar-refractivity contribution < 1.29 is 23.5 Å². The summed E-state index contributed by atoms with van der Waals surface area (Å²) in [6.07, 6.45) is 1.21. The number of carbonyl (C=O) groups excluding carboxylic acids is 3. The minimum Gasteiger partial charge on any atom is -0.376 e. The maximum absolute atomic E-state index is 14.8. The number of rotatable bonds is 6. The van der Waals surface area contributed by atoms with Crippen molar-refractivity contribution in [2.75, 3.05) is 13.7 Å². The van der Waals surface area contributed by atoms with Crippen molar-refractivity contribution in [2.45, 2.75) is 70.4 Å². The van der Waals surface area contributed by atoms with E-state index in [-0.39, 0.29) is 30.2 Å². The van der Waals surface area contributed by atoms with Crippen LogP contribution in [0.5, 0.6) is 0 Å². The molecule has 9 nitrogen and oxygen atoms in total. The topological polar surface area (TPSA) is 120 Å². The minimum absolute atomic E-state index is 0.0300. The smallest absolute Gasteiger partial charge is 0.269 e. The first-order valence-corrected chi connectivity index (χ1v) is 11.6. The molecule has 1 saturated carbocycles. The zero-order valence-electron chi connectivity index (χ0n) is 19.8. The molecule has 2 heterocycles. The van der Waals surface area contributed by atoms with Crippen molar-refractivity contribution in [1.29, 1.82) is 0 Å². The van der Waals surface area contributed by atoms with Crippen LogP contribution in [0.1, 0.15) is 50.0 Å². The molecule has 0 bridgehead atoms. The van der Waals surface area contributed by atoms with Gasteiger partial charge in [0.1, 0.15) is 24.9 Å². The van der Waals surface area contributed by atoms with Crippen molar-refractivity contribution in [3.63, 3.8) is 0 Å². The number of nitrogens with two attached hydrogens (primary N) is 1. The summed E-state index contributed by atoms with van der Waals surface area (Å²) in [7, 11) is 1.34. The molecule has 4 rings (SSSR count). The number of amides is 3. The van der Waals surface area contributed by atoms with Gasteiger partial charge < -0.3 is 20.7 Å². The van der Waals surface area contributed by atoms with Gasteiger partial charge in [0.05, 0.1) is 12.1 Å². The lowest BCUT2D eigenvalue weighted by atomic mass is 9.75. The standard InChI is InChI=1S/C24H32FN5O4/c1-24(2)10-6-7-14(11-24)27-23(33)20-21(34-3)16(25)12-29(20)18(31)13-30-17-9-5-4-8-15(17)19(28-30)22(26)32/h4-5,8-9,14,16,20-21H,6-7,10-13H2,1-3H3,(H2,26,32)(H,27,33)/t14?,16-,20-,21+/m0/s1. The number of ether oxygens (including phenoxy) is 1. The Morgan fingerprint density at radius 1 is 1.29 bits per heavy atom. The molecule has 1 aromatic heterocycles. The first-order valence-electron chi connectivity index (χ1n) is 11.6. The number of aromatic nitrogens is 2. The zero-order valence-corrected chi connectivity index (χ0v) is 19.8. The molecule has 1 aliphatic heterocycles. The Hall–Kier alpha value is -3.01. The van der Waals surface area contributed by atoms with Gasteiger partial charge in [0.25, 0.3) is 5.91 Å². The molecule has 10 heteroatoms. The third-order valence-electron chi connectivity index (χ3n) is 6.96. The van der Waals surface area contributed by atoms with Crippen LogP contribution < -0.4 is 11.1 Å². The van der Waals surface area contributed by atoms with E-state index in [9.17, 15) is 18.8 Å². The lowest BCUT2D eigenvalue weighted by Crippen LogP contribution is -2.54. The first-order chi connectivity index (χ1) is 16.1. The van der Waals surface area contributed by atoms with Crippen LogP contribution in [-0.4, -0.2) is 70.4 Å². The second kappa shape index (κ2) is 9.32. The highest BCUT2D eigenvalue weighted by Gasteiger charge is 2.49. The fourth-order valence-electron chi connectivity index (χ4n) is 5.36. The molecule has 2 fully saturated rings. The Bertz CT molecular complexity index is 1100. The molecule has 0 spiro atoms. The van der Waals surface area contributed by atoms with Crippen LogP contribution in [0.2, 0.25) is 0 Å². The summed E-state index contributed by atoms with van der Waals surface area (Å²) in [6.45, 7) is 3.81. The molecule has 34 heavy (non-hydrogen) atoms. The third-order valence-corrected chi connectivity index (χ3v) is 6.96. The number of nitrogens with zero attached hydrogens (tertiary/aromatic N) is 3. The van der Waals surface area contributed by atoms with E-state index in [1.807, 2.05) is 0 Å². The quantitative estimate of drug-likeness (QED) is 0.663. The number of hydrogen-bond acceptors (Lipinski definition) is 5. The van der Waals surface area contributed by atoms with Gasteiger partial charge in [0.15, 0.2) is 5.69 Å². The Kier molecular flexibility index (Phi) is 6.62.